The second kappa shape index (κ2) is 7.31. The summed E-state index contributed by atoms with van der Waals surface area (Å²) in [5.74, 6) is -0.173. The lowest BCUT2D eigenvalue weighted by atomic mass is 10.1. The number of hydrogen-bond donors (Lipinski definition) is 1. The van der Waals surface area contributed by atoms with Crippen molar-refractivity contribution in [2.45, 2.75) is 19.8 Å². The van der Waals surface area contributed by atoms with E-state index in [2.05, 4.69) is 51.1 Å². The summed E-state index contributed by atoms with van der Waals surface area (Å²) in [5.41, 5.74) is 3.96. The molecular weight excluding hydrogens is 364 g/mol. The molecule has 7 heteroatoms. The highest BCUT2D eigenvalue weighted by Gasteiger charge is 2.11. The van der Waals surface area contributed by atoms with Gasteiger partial charge in [-0.2, -0.15) is 0 Å². The molecule has 0 saturated heterocycles. The number of nitrogens with one attached hydrogen (secondary N) is 1. The van der Waals surface area contributed by atoms with E-state index in [1.807, 2.05) is 6.20 Å². The summed E-state index contributed by atoms with van der Waals surface area (Å²) in [6.07, 6.45) is 3.68. The predicted octanol–water partition coefficient (Wildman–Crippen LogP) is 4.55. The minimum Gasteiger partial charge on any atom is -0.298 e. The van der Waals surface area contributed by atoms with E-state index in [9.17, 15) is 4.79 Å². The highest BCUT2D eigenvalue weighted by Crippen LogP contribution is 2.23. The van der Waals surface area contributed by atoms with Gasteiger partial charge >= 0.3 is 0 Å². The third kappa shape index (κ3) is 3.63. The van der Waals surface area contributed by atoms with Crippen molar-refractivity contribution in [3.05, 3.63) is 70.2 Å². The first kappa shape index (κ1) is 16.8. The highest BCUT2D eigenvalue weighted by molar-refractivity contribution is 7.15. The van der Waals surface area contributed by atoms with Crippen LogP contribution < -0.4 is 5.32 Å². The Morgan fingerprint density at radius 2 is 1.92 bits per heavy atom. The molecule has 0 radical (unpaired) electrons. The highest BCUT2D eigenvalue weighted by atomic mass is 32.1. The van der Waals surface area contributed by atoms with Gasteiger partial charge in [-0.05, 0) is 47.3 Å². The Kier molecular flexibility index (Phi) is 4.73. The van der Waals surface area contributed by atoms with Crippen LogP contribution in [0, 0.1) is 0 Å². The van der Waals surface area contributed by atoms with Crippen LogP contribution >= 0.6 is 22.9 Å². The van der Waals surface area contributed by atoms with Crippen LogP contribution in [-0.4, -0.2) is 20.5 Å². The fourth-order valence-electron chi connectivity index (χ4n) is 2.63. The molecule has 2 aromatic carbocycles. The molecule has 4 rings (SSSR count). The second-order valence-corrected chi connectivity index (χ2v) is 7.79. The molecule has 2 heterocycles. The monoisotopic (exact) mass is 380 g/mol. The van der Waals surface area contributed by atoms with Gasteiger partial charge in [-0.15, -0.1) is 16.4 Å². The van der Waals surface area contributed by atoms with Gasteiger partial charge in [0, 0.05) is 23.1 Å². The fraction of sp³-hybridized carbons (Fsp3) is 0.158. The zero-order chi connectivity index (χ0) is 17.9. The van der Waals surface area contributed by atoms with Crippen molar-refractivity contribution in [2.24, 2.45) is 0 Å². The van der Waals surface area contributed by atoms with Crippen LogP contribution in [0.25, 0.3) is 10.2 Å². The van der Waals surface area contributed by atoms with Crippen LogP contribution in [0.15, 0.2) is 48.7 Å². The molecule has 0 fully saturated rings. The smallest absolute Gasteiger partial charge is 0.257 e. The van der Waals surface area contributed by atoms with Gasteiger partial charge in [-0.1, -0.05) is 35.7 Å². The summed E-state index contributed by atoms with van der Waals surface area (Å²) in [6.45, 7) is 2.15. The molecule has 0 aliphatic heterocycles. The number of aromatic nitrogens is 3. The lowest BCUT2D eigenvalue weighted by Gasteiger charge is -2.02. The molecule has 130 valence electrons. The van der Waals surface area contributed by atoms with Gasteiger partial charge in [0.2, 0.25) is 0 Å². The number of benzene rings is 2. The molecule has 0 spiro atoms. The minimum absolute atomic E-state index is 0.173. The van der Waals surface area contributed by atoms with E-state index in [0.29, 0.717) is 10.7 Å². The van der Waals surface area contributed by atoms with E-state index in [1.165, 1.54) is 34.0 Å². The van der Waals surface area contributed by atoms with Gasteiger partial charge in [0.1, 0.15) is 5.52 Å². The molecular formula is C19H16N4OS2. The Bertz CT molecular complexity index is 1050. The van der Waals surface area contributed by atoms with Gasteiger partial charge in [-0.3, -0.25) is 10.1 Å². The number of aryl methyl sites for hydroxylation is 1. The average molecular weight is 380 g/mol. The molecule has 5 nitrogen and oxygen atoms in total. The van der Waals surface area contributed by atoms with E-state index in [1.54, 1.807) is 18.2 Å². The average Bonchev–Trinajstić information content (AvgIpc) is 3.31. The van der Waals surface area contributed by atoms with E-state index in [4.69, 9.17) is 0 Å². The molecule has 0 aliphatic rings. The van der Waals surface area contributed by atoms with Crippen LogP contribution in [0.4, 0.5) is 5.13 Å². The Labute approximate surface area is 158 Å². The topological polar surface area (TPSA) is 67.8 Å². The molecule has 1 amide bonds. The van der Waals surface area contributed by atoms with E-state index in [-0.39, 0.29) is 5.91 Å². The van der Waals surface area contributed by atoms with E-state index < -0.39 is 0 Å². The zero-order valence-corrected chi connectivity index (χ0v) is 15.7. The number of thiazole rings is 1. The Morgan fingerprint density at radius 1 is 1.12 bits per heavy atom. The van der Waals surface area contributed by atoms with Gasteiger partial charge in [-0.25, -0.2) is 4.98 Å². The zero-order valence-electron chi connectivity index (χ0n) is 14.1. The van der Waals surface area contributed by atoms with Crippen LogP contribution in [0.1, 0.15) is 33.3 Å². The van der Waals surface area contributed by atoms with Crippen LogP contribution in [0.5, 0.6) is 0 Å². The number of carbonyl (C=O) groups is 1. The van der Waals surface area contributed by atoms with Crippen molar-refractivity contribution in [1.29, 1.82) is 0 Å². The summed E-state index contributed by atoms with van der Waals surface area (Å²) in [7, 11) is 0. The number of hydrogen-bond acceptors (Lipinski definition) is 6. The molecule has 0 aliphatic carbocycles. The normalized spacial score (nSPS) is 11.0. The largest absolute Gasteiger partial charge is 0.298 e. The number of carbonyl (C=O) groups excluding carboxylic acids is 1. The number of rotatable bonds is 5. The number of amides is 1. The Balaban J connectivity index is 1.44. The first-order valence-corrected chi connectivity index (χ1v) is 9.86. The first-order valence-electron chi connectivity index (χ1n) is 8.27. The summed E-state index contributed by atoms with van der Waals surface area (Å²) < 4.78 is 4.79. The number of nitrogens with zero attached hydrogens (tertiary/aromatic N) is 3. The fourth-order valence-corrected chi connectivity index (χ4v) is 4.07. The van der Waals surface area contributed by atoms with Crippen molar-refractivity contribution in [1.82, 2.24) is 14.6 Å². The number of anilines is 1. The third-order valence-electron chi connectivity index (χ3n) is 4.09. The molecule has 26 heavy (non-hydrogen) atoms. The van der Waals surface area contributed by atoms with Gasteiger partial charge < -0.3 is 0 Å². The molecule has 4 aromatic rings. The van der Waals surface area contributed by atoms with Crippen molar-refractivity contribution >= 4 is 44.1 Å². The number of fused-ring (bicyclic) bond motifs is 1. The Morgan fingerprint density at radius 3 is 2.73 bits per heavy atom. The first-order chi connectivity index (χ1) is 12.7. The van der Waals surface area contributed by atoms with Gasteiger partial charge in [0.25, 0.3) is 5.91 Å². The SMILES string of the molecule is CCc1ccc(Cc2cnc(NC(=O)c3ccc4nnsc4c3)s2)cc1. The van der Waals surface area contributed by atoms with Crippen molar-refractivity contribution in [2.75, 3.05) is 5.32 Å². The lowest BCUT2D eigenvalue weighted by Crippen LogP contribution is -2.11. The second-order valence-electron chi connectivity index (χ2n) is 5.89. The van der Waals surface area contributed by atoms with Gasteiger partial charge in [0.05, 0.1) is 4.70 Å². The molecule has 0 bridgehead atoms. The van der Waals surface area contributed by atoms with E-state index in [0.717, 1.165) is 27.9 Å². The van der Waals surface area contributed by atoms with Crippen molar-refractivity contribution in [3.8, 4) is 0 Å². The molecule has 1 N–H and O–H groups in total. The maximum Gasteiger partial charge on any atom is 0.257 e. The van der Waals surface area contributed by atoms with Crippen molar-refractivity contribution < 1.29 is 4.79 Å². The maximum absolute atomic E-state index is 12.4. The van der Waals surface area contributed by atoms with Crippen LogP contribution in [0.3, 0.4) is 0 Å². The molecule has 0 saturated carbocycles. The summed E-state index contributed by atoms with van der Waals surface area (Å²) >= 11 is 2.78. The third-order valence-corrected chi connectivity index (χ3v) is 5.69. The predicted molar refractivity (Wildman–Crippen MR) is 106 cm³/mol. The van der Waals surface area contributed by atoms with Crippen LogP contribution in [-0.2, 0) is 12.8 Å². The summed E-state index contributed by atoms with van der Waals surface area (Å²) in [5, 5.41) is 7.46. The molecule has 0 unspecified atom stereocenters. The molecule has 2 aromatic heterocycles. The van der Waals surface area contributed by atoms with Gasteiger partial charge in [0.15, 0.2) is 5.13 Å². The lowest BCUT2D eigenvalue weighted by molar-refractivity contribution is 0.102. The maximum atomic E-state index is 12.4. The van der Waals surface area contributed by atoms with Crippen molar-refractivity contribution in [3.63, 3.8) is 0 Å². The quantitative estimate of drug-likeness (QED) is 0.551. The Hall–Kier alpha value is -2.64. The summed E-state index contributed by atoms with van der Waals surface area (Å²) in [4.78, 5) is 17.9. The van der Waals surface area contributed by atoms with Crippen LogP contribution in [0.2, 0.25) is 0 Å². The minimum atomic E-state index is -0.173. The summed E-state index contributed by atoms with van der Waals surface area (Å²) in [6, 6.07) is 14.0. The molecule has 0 atom stereocenters. The standard InChI is InChI=1S/C19H16N4OS2/c1-2-12-3-5-13(6-4-12)9-15-11-20-19(25-15)21-18(24)14-7-8-16-17(10-14)26-23-22-16/h3-8,10-11H,2,9H2,1H3,(H,20,21,24). The van der Waals surface area contributed by atoms with E-state index >= 15 is 0 Å².